The van der Waals surface area contributed by atoms with E-state index in [-0.39, 0.29) is 0 Å². The maximum Gasteiger partial charge on any atom is 0.300 e. The Morgan fingerprint density at radius 3 is 1.81 bits per heavy atom. The average Bonchev–Trinajstić information content (AvgIpc) is 3.36. The van der Waals surface area contributed by atoms with Crippen LogP contribution in [0.2, 0.25) is 0 Å². The minimum atomic E-state index is -0.833. The van der Waals surface area contributed by atoms with Gasteiger partial charge in [0.25, 0.3) is 5.97 Å². The number of benzene rings is 4. The van der Waals surface area contributed by atoms with Crippen LogP contribution in [0.15, 0.2) is 109 Å². The molecule has 0 radical (unpaired) electrons. The Kier molecular flexibility index (Phi) is 8.01. The Hall–Kier alpha value is -4.84. The molecule has 0 aliphatic heterocycles. The van der Waals surface area contributed by atoms with Gasteiger partial charge >= 0.3 is 0 Å². The van der Waals surface area contributed by atoms with Crippen LogP contribution in [-0.4, -0.2) is 35.1 Å². The predicted molar refractivity (Wildman–Crippen MR) is 149 cm³/mol. The molecule has 6 heteroatoms. The Balaban J connectivity index is 0.000000747. The minimum Gasteiger partial charge on any atom is -0.481 e. The molecule has 0 fully saturated rings. The Morgan fingerprint density at radius 2 is 1.24 bits per heavy atom. The minimum absolute atomic E-state index is 0.797. The third-order valence-corrected chi connectivity index (χ3v) is 5.53. The number of para-hydroxylation sites is 1. The highest BCUT2D eigenvalue weighted by Crippen LogP contribution is 2.34. The second-order valence-electron chi connectivity index (χ2n) is 8.57. The van der Waals surface area contributed by atoms with Gasteiger partial charge < -0.3 is 19.7 Å². The molecule has 1 heterocycles. The van der Waals surface area contributed by atoms with E-state index in [2.05, 4.69) is 58.4 Å². The highest BCUT2D eigenvalue weighted by molar-refractivity contribution is 5.81. The summed E-state index contributed by atoms with van der Waals surface area (Å²) in [5, 5.41) is 7.42. The fourth-order valence-electron chi connectivity index (χ4n) is 3.76. The number of imidazole rings is 1. The van der Waals surface area contributed by atoms with E-state index < -0.39 is 5.97 Å². The number of nitrogens with zero attached hydrogens (tertiary/aromatic N) is 2. The van der Waals surface area contributed by atoms with Gasteiger partial charge in [-0.2, -0.15) is 0 Å². The number of carboxylic acid groups (broad SMARTS) is 1. The van der Waals surface area contributed by atoms with Crippen LogP contribution >= 0.6 is 0 Å². The van der Waals surface area contributed by atoms with E-state index in [9.17, 15) is 0 Å². The van der Waals surface area contributed by atoms with Crippen LogP contribution in [0.25, 0.3) is 33.9 Å². The summed E-state index contributed by atoms with van der Waals surface area (Å²) in [5.74, 6) is 1.63. The quantitative estimate of drug-likeness (QED) is 0.259. The highest BCUT2D eigenvalue weighted by atomic mass is 16.5. The first-order chi connectivity index (χ1) is 17.9. The number of H-pyrrole nitrogens is 1. The Bertz CT molecular complexity index is 1420. The first-order valence-electron chi connectivity index (χ1n) is 11.9. The fraction of sp³-hybridized carbons (Fsp3) is 0.0968. The summed E-state index contributed by atoms with van der Waals surface area (Å²) in [6.45, 7) is 1.08. The SMILES string of the molecule is CC(=O)O.CN(C)c1ccc(-c2nc(-c3ccccc3)c(-c3ccc(Oc4ccccc4)cc3)[nH]2)cc1. The number of ether oxygens (including phenoxy) is 1. The molecule has 0 amide bonds. The molecule has 5 rings (SSSR count). The number of carboxylic acids is 1. The Morgan fingerprint density at radius 1 is 0.730 bits per heavy atom. The summed E-state index contributed by atoms with van der Waals surface area (Å²) in [7, 11) is 4.08. The summed E-state index contributed by atoms with van der Waals surface area (Å²) in [6, 6.07) is 36.6. The molecule has 0 unspecified atom stereocenters. The van der Waals surface area contributed by atoms with Gasteiger partial charge in [-0.3, -0.25) is 4.79 Å². The molecule has 0 aliphatic carbocycles. The lowest BCUT2D eigenvalue weighted by Gasteiger charge is -2.12. The monoisotopic (exact) mass is 491 g/mol. The van der Waals surface area contributed by atoms with Crippen molar-refractivity contribution in [3.63, 3.8) is 0 Å². The molecule has 2 N–H and O–H groups in total. The van der Waals surface area contributed by atoms with Gasteiger partial charge in [0.2, 0.25) is 0 Å². The molecule has 0 atom stereocenters. The van der Waals surface area contributed by atoms with Crippen LogP contribution in [0.1, 0.15) is 6.92 Å². The number of anilines is 1. The lowest BCUT2D eigenvalue weighted by atomic mass is 10.1. The van der Waals surface area contributed by atoms with E-state index in [4.69, 9.17) is 19.6 Å². The zero-order chi connectivity index (χ0) is 26.2. The third-order valence-electron chi connectivity index (χ3n) is 5.53. The molecule has 6 nitrogen and oxygen atoms in total. The normalized spacial score (nSPS) is 10.2. The number of aliphatic carboxylic acids is 1. The van der Waals surface area contributed by atoms with Crippen LogP contribution in [0, 0.1) is 0 Å². The second-order valence-corrected chi connectivity index (χ2v) is 8.57. The largest absolute Gasteiger partial charge is 0.481 e. The van der Waals surface area contributed by atoms with Crippen molar-refractivity contribution in [2.75, 3.05) is 19.0 Å². The highest BCUT2D eigenvalue weighted by Gasteiger charge is 2.15. The van der Waals surface area contributed by atoms with E-state index in [0.717, 1.165) is 58.0 Å². The predicted octanol–water partition coefficient (Wildman–Crippen LogP) is 7.36. The molecule has 0 saturated heterocycles. The van der Waals surface area contributed by atoms with Gasteiger partial charge in [-0.15, -0.1) is 0 Å². The van der Waals surface area contributed by atoms with Crippen LogP contribution in [0.3, 0.4) is 0 Å². The summed E-state index contributed by atoms with van der Waals surface area (Å²) in [6.07, 6.45) is 0. The molecule has 0 bridgehead atoms. The van der Waals surface area contributed by atoms with Gasteiger partial charge in [0.1, 0.15) is 17.3 Å². The number of hydrogen-bond acceptors (Lipinski definition) is 4. The van der Waals surface area contributed by atoms with Gasteiger partial charge in [-0.1, -0.05) is 48.5 Å². The summed E-state index contributed by atoms with van der Waals surface area (Å²) in [5.41, 5.74) is 6.25. The summed E-state index contributed by atoms with van der Waals surface area (Å²) < 4.78 is 5.96. The van der Waals surface area contributed by atoms with Gasteiger partial charge in [0.15, 0.2) is 0 Å². The lowest BCUT2D eigenvalue weighted by Crippen LogP contribution is -2.07. The van der Waals surface area contributed by atoms with E-state index in [1.165, 1.54) is 0 Å². The average molecular weight is 492 g/mol. The van der Waals surface area contributed by atoms with Crippen molar-refractivity contribution in [1.82, 2.24) is 9.97 Å². The standard InChI is InChI=1S/C29H25N3O.C2H4O2/c1-32(2)24-17-13-23(14-18-24)29-30-27(21-9-5-3-6-10-21)28(31-29)22-15-19-26(20-16-22)33-25-11-7-4-8-12-25;1-2(3)4/h3-20H,1-2H3,(H,30,31);1H3,(H,3,4). The van der Waals surface area contributed by atoms with E-state index >= 15 is 0 Å². The maximum absolute atomic E-state index is 9.00. The first kappa shape index (κ1) is 25.3. The Labute approximate surface area is 216 Å². The van der Waals surface area contributed by atoms with Gasteiger partial charge in [0, 0.05) is 43.4 Å². The number of hydrogen-bond donors (Lipinski definition) is 2. The molecule has 0 spiro atoms. The van der Waals surface area contributed by atoms with Crippen LogP contribution < -0.4 is 9.64 Å². The number of nitrogens with one attached hydrogen (secondary N) is 1. The van der Waals surface area contributed by atoms with Gasteiger partial charge in [0.05, 0.1) is 11.4 Å². The molecule has 1 aromatic heterocycles. The summed E-state index contributed by atoms with van der Waals surface area (Å²) >= 11 is 0. The van der Waals surface area contributed by atoms with Crippen LogP contribution in [0.4, 0.5) is 5.69 Å². The van der Waals surface area contributed by atoms with E-state index in [1.807, 2.05) is 74.8 Å². The zero-order valence-corrected chi connectivity index (χ0v) is 21.1. The number of aromatic amines is 1. The van der Waals surface area contributed by atoms with E-state index in [0.29, 0.717) is 0 Å². The van der Waals surface area contributed by atoms with Crippen molar-refractivity contribution in [1.29, 1.82) is 0 Å². The molecule has 0 aliphatic rings. The molecular formula is C31H29N3O3. The topological polar surface area (TPSA) is 78.4 Å². The number of rotatable bonds is 6. The molecule has 5 aromatic rings. The van der Waals surface area contributed by atoms with Crippen molar-refractivity contribution in [3.8, 4) is 45.4 Å². The van der Waals surface area contributed by atoms with Crippen LogP contribution in [0.5, 0.6) is 11.5 Å². The summed E-state index contributed by atoms with van der Waals surface area (Å²) in [4.78, 5) is 19.6. The van der Waals surface area contributed by atoms with Crippen molar-refractivity contribution in [2.45, 2.75) is 6.92 Å². The molecule has 37 heavy (non-hydrogen) atoms. The smallest absolute Gasteiger partial charge is 0.300 e. The van der Waals surface area contributed by atoms with Gasteiger partial charge in [-0.25, -0.2) is 4.98 Å². The number of aromatic nitrogens is 2. The van der Waals surface area contributed by atoms with Crippen LogP contribution in [-0.2, 0) is 4.79 Å². The fourth-order valence-corrected chi connectivity index (χ4v) is 3.76. The molecule has 186 valence electrons. The molecule has 4 aromatic carbocycles. The van der Waals surface area contributed by atoms with Crippen molar-refractivity contribution >= 4 is 11.7 Å². The zero-order valence-electron chi connectivity index (χ0n) is 21.1. The second kappa shape index (κ2) is 11.7. The first-order valence-corrected chi connectivity index (χ1v) is 11.9. The molecular weight excluding hydrogens is 462 g/mol. The number of carbonyl (C=O) groups is 1. The molecule has 0 saturated carbocycles. The maximum atomic E-state index is 9.00. The lowest BCUT2D eigenvalue weighted by molar-refractivity contribution is -0.134. The third kappa shape index (κ3) is 6.64. The van der Waals surface area contributed by atoms with E-state index in [1.54, 1.807) is 0 Å². The van der Waals surface area contributed by atoms with Crippen molar-refractivity contribution in [2.24, 2.45) is 0 Å². The van der Waals surface area contributed by atoms with Crippen molar-refractivity contribution < 1.29 is 14.6 Å². The van der Waals surface area contributed by atoms with Crippen molar-refractivity contribution in [3.05, 3.63) is 109 Å². The van der Waals surface area contributed by atoms with Gasteiger partial charge in [-0.05, 0) is 60.7 Å².